The molecule has 0 radical (unpaired) electrons. The molecule has 0 unspecified atom stereocenters. The van der Waals surface area contributed by atoms with E-state index in [-0.39, 0.29) is 5.88 Å². The number of aliphatic imine (C=N–C) groups is 1. The third kappa shape index (κ3) is 2.90. The SMILES string of the molecule is COc1cc(N=Cc2c(O)[nH]c3cc(C)ccc23)c(OC)cc1Cl. The first-order valence-electron chi connectivity index (χ1n) is 7.30. The summed E-state index contributed by atoms with van der Waals surface area (Å²) in [4.78, 5) is 7.39. The average molecular weight is 345 g/mol. The molecule has 0 saturated heterocycles. The molecule has 3 rings (SSSR count). The molecule has 2 N–H and O–H groups in total. The zero-order valence-electron chi connectivity index (χ0n) is 13.6. The first-order valence-corrected chi connectivity index (χ1v) is 7.68. The number of nitrogens with one attached hydrogen (secondary N) is 1. The summed E-state index contributed by atoms with van der Waals surface area (Å²) >= 11 is 6.10. The first kappa shape index (κ1) is 16.2. The molecular formula is C18H17ClN2O3. The van der Waals surface area contributed by atoms with Gasteiger partial charge in [-0.05, 0) is 18.6 Å². The molecule has 1 aromatic heterocycles. The van der Waals surface area contributed by atoms with Crippen LogP contribution >= 0.6 is 11.6 Å². The zero-order chi connectivity index (χ0) is 17.3. The van der Waals surface area contributed by atoms with Crippen LogP contribution in [0.2, 0.25) is 5.02 Å². The van der Waals surface area contributed by atoms with Gasteiger partial charge in [0.15, 0.2) is 5.88 Å². The topological polar surface area (TPSA) is 66.8 Å². The predicted molar refractivity (Wildman–Crippen MR) is 96.5 cm³/mol. The van der Waals surface area contributed by atoms with Gasteiger partial charge in [0.25, 0.3) is 0 Å². The van der Waals surface area contributed by atoms with Gasteiger partial charge in [-0.15, -0.1) is 0 Å². The summed E-state index contributed by atoms with van der Waals surface area (Å²) in [6.45, 7) is 2.00. The molecule has 2 aromatic carbocycles. The van der Waals surface area contributed by atoms with Crippen molar-refractivity contribution in [1.29, 1.82) is 0 Å². The molecule has 0 bridgehead atoms. The fraction of sp³-hybridized carbons (Fsp3) is 0.167. The largest absolute Gasteiger partial charge is 0.495 e. The number of halogens is 1. The minimum atomic E-state index is 0.0687. The van der Waals surface area contributed by atoms with Crippen molar-refractivity contribution in [2.45, 2.75) is 6.92 Å². The molecule has 0 fully saturated rings. The van der Waals surface area contributed by atoms with Gasteiger partial charge >= 0.3 is 0 Å². The lowest BCUT2D eigenvalue weighted by atomic mass is 10.1. The van der Waals surface area contributed by atoms with Gasteiger partial charge in [0.05, 0.1) is 24.8 Å². The molecule has 0 saturated carbocycles. The van der Waals surface area contributed by atoms with Crippen LogP contribution in [0.5, 0.6) is 17.4 Å². The molecule has 6 heteroatoms. The molecule has 0 atom stereocenters. The highest BCUT2D eigenvalue weighted by Gasteiger charge is 2.11. The third-order valence-electron chi connectivity index (χ3n) is 3.76. The summed E-state index contributed by atoms with van der Waals surface area (Å²) in [5.74, 6) is 1.09. The number of hydrogen-bond acceptors (Lipinski definition) is 4. The number of rotatable bonds is 4. The molecule has 0 amide bonds. The van der Waals surface area contributed by atoms with Gasteiger partial charge in [0, 0.05) is 29.3 Å². The number of aryl methyl sites for hydroxylation is 1. The van der Waals surface area contributed by atoms with E-state index in [0.29, 0.717) is 27.8 Å². The first-order chi connectivity index (χ1) is 11.5. The number of fused-ring (bicyclic) bond motifs is 1. The minimum Gasteiger partial charge on any atom is -0.495 e. The van der Waals surface area contributed by atoms with Crippen LogP contribution in [-0.4, -0.2) is 30.5 Å². The normalized spacial score (nSPS) is 11.3. The van der Waals surface area contributed by atoms with E-state index in [2.05, 4.69) is 9.98 Å². The maximum Gasteiger partial charge on any atom is 0.198 e. The molecule has 0 aliphatic rings. The Kier molecular flexibility index (Phi) is 4.36. The maximum atomic E-state index is 10.2. The van der Waals surface area contributed by atoms with Crippen molar-refractivity contribution in [1.82, 2.24) is 4.98 Å². The van der Waals surface area contributed by atoms with E-state index in [1.807, 2.05) is 25.1 Å². The van der Waals surface area contributed by atoms with Gasteiger partial charge in [0.1, 0.15) is 17.2 Å². The lowest BCUT2D eigenvalue weighted by Gasteiger charge is -2.08. The summed E-state index contributed by atoms with van der Waals surface area (Å²) in [6.07, 6.45) is 1.59. The van der Waals surface area contributed by atoms with Gasteiger partial charge in [-0.3, -0.25) is 4.99 Å². The number of benzene rings is 2. The van der Waals surface area contributed by atoms with Crippen molar-refractivity contribution in [3.8, 4) is 17.4 Å². The second-order valence-electron chi connectivity index (χ2n) is 5.35. The molecule has 124 valence electrons. The van der Waals surface area contributed by atoms with E-state index in [1.54, 1.807) is 25.5 Å². The van der Waals surface area contributed by atoms with Crippen LogP contribution in [0, 0.1) is 6.92 Å². The number of H-pyrrole nitrogens is 1. The summed E-state index contributed by atoms with van der Waals surface area (Å²) < 4.78 is 10.5. The molecule has 0 spiro atoms. The number of nitrogens with zero attached hydrogens (tertiary/aromatic N) is 1. The van der Waals surface area contributed by atoms with Crippen LogP contribution in [0.15, 0.2) is 35.3 Å². The Bertz CT molecular complexity index is 932. The van der Waals surface area contributed by atoms with Gasteiger partial charge in [-0.25, -0.2) is 0 Å². The Morgan fingerprint density at radius 3 is 2.58 bits per heavy atom. The van der Waals surface area contributed by atoms with Crippen LogP contribution in [0.1, 0.15) is 11.1 Å². The number of methoxy groups -OCH3 is 2. The monoisotopic (exact) mass is 344 g/mol. The Labute approximate surface area is 144 Å². The van der Waals surface area contributed by atoms with Crippen molar-refractivity contribution in [2.24, 2.45) is 4.99 Å². The van der Waals surface area contributed by atoms with E-state index in [0.717, 1.165) is 16.5 Å². The Balaban J connectivity index is 2.07. The van der Waals surface area contributed by atoms with Crippen molar-refractivity contribution in [2.75, 3.05) is 14.2 Å². The number of aromatic nitrogens is 1. The predicted octanol–water partition coefficient (Wildman–Crippen LogP) is 4.60. The lowest BCUT2D eigenvalue weighted by Crippen LogP contribution is -1.89. The summed E-state index contributed by atoms with van der Waals surface area (Å²) in [5.41, 5.74) is 3.13. The molecule has 1 heterocycles. The van der Waals surface area contributed by atoms with Crippen LogP contribution in [0.4, 0.5) is 5.69 Å². The van der Waals surface area contributed by atoms with E-state index < -0.39 is 0 Å². The van der Waals surface area contributed by atoms with Crippen molar-refractivity contribution >= 4 is 34.4 Å². The van der Waals surface area contributed by atoms with E-state index in [9.17, 15) is 5.11 Å². The quantitative estimate of drug-likeness (QED) is 0.679. The lowest BCUT2D eigenvalue weighted by molar-refractivity contribution is 0.404. The highest BCUT2D eigenvalue weighted by molar-refractivity contribution is 6.32. The van der Waals surface area contributed by atoms with Crippen molar-refractivity contribution in [3.63, 3.8) is 0 Å². The smallest absolute Gasteiger partial charge is 0.198 e. The highest BCUT2D eigenvalue weighted by Crippen LogP contribution is 2.38. The van der Waals surface area contributed by atoms with Gasteiger partial charge in [0.2, 0.25) is 0 Å². The average Bonchev–Trinajstić information content (AvgIpc) is 2.87. The van der Waals surface area contributed by atoms with Crippen LogP contribution in [-0.2, 0) is 0 Å². The number of aromatic hydroxyl groups is 1. The molecule has 0 aliphatic heterocycles. The standard InChI is InChI=1S/C18H17ClN2O3/c1-10-4-5-11-12(18(22)21-14(11)6-10)9-20-15-8-16(23-2)13(19)7-17(15)24-3/h4-9,21-22H,1-3H3. The van der Waals surface area contributed by atoms with E-state index in [1.165, 1.54) is 7.11 Å². The van der Waals surface area contributed by atoms with Crippen molar-refractivity contribution < 1.29 is 14.6 Å². The molecule has 24 heavy (non-hydrogen) atoms. The molecular weight excluding hydrogens is 328 g/mol. The van der Waals surface area contributed by atoms with Crippen molar-refractivity contribution in [3.05, 3.63) is 46.5 Å². The summed E-state index contributed by atoms with van der Waals surface area (Å²) in [6, 6.07) is 9.23. The third-order valence-corrected chi connectivity index (χ3v) is 4.05. The molecule has 5 nitrogen and oxygen atoms in total. The highest BCUT2D eigenvalue weighted by atomic mass is 35.5. The number of hydrogen-bond donors (Lipinski definition) is 2. The zero-order valence-corrected chi connectivity index (χ0v) is 14.3. The molecule has 3 aromatic rings. The van der Waals surface area contributed by atoms with E-state index >= 15 is 0 Å². The number of ether oxygens (including phenoxy) is 2. The minimum absolute atomic E-state index is 0.0687. The molecule has 0 aliphatic carbocycles. The van der Waals surface area contributed by atoms with Crippen LogP contribution < -0.4 is 9.47 Å². The summed E-state index contributed by atoms with van der Waals surface area (Å²) in [5, 5.41) is 11.5. The second-order valence-corrected chi connectivity index (χ2v) is 5.76. The fourth-order valence-electron chi connectivity index (χ4n) is 2.53. The van der Waals surface area contributed by atoms with Gasteiger partial charge in [-0.1, -0.05) is 23.7 Å². The Morgan fingerprint density at radius 1 is 1.12 bits per heavy atom. The van der Waals surface area contributed by atoms with Crippen LogP contribution in [0.3, 0.4) is 0 Å². The van der Waals surface area contributed by atoms with Gasteiger partial charge < -0.3 is 19.6 Å². The Morgan fingerprint density at radius 2 is 1.88 bits per heavy atom. The maximum absolute atomic E-state index is 10.2. The Hall–Kier alpha value is -2.66. The van der Waals surface area contributed by atoms with Crippen LogP contribution in [0.25, 0.3) is 10.9 Å². The number of aromatic amines is 1. The second kappa shape index (κ2) is 6.45. The summed E-state index contributed by atoms with van der Waals surface area (Å²) in [7, 11) is 3.08. The van der Waals surface area contributed by atoms with E-state index in [4.69, 9.17) is 21.1 Å². The van der Waals surface area contributed by atoms with Gasteiger partial charge in [-0.2, -0.15) is 0 Å². The fourth-order valence-corrected chi connectivity index (χ4v) is 2.76.